The van der Waals surface area contributed by atoms with Crippen molar-refractivity contribution in [3.8, 4) is 5.75 Å². The Labute approximate surface area is 136 Å². The molecule has 1 saturated heterocycles. The first kappa shape index (κ1) is 18.1. The van der Waals surface area contributed by atoms with Crippen molar-refractivity contribution < 1.29 is 22.7 Å². The Bertz CT molecular complexity index is 651. The Kier molecular flexibility index (Phi) is 5.61. The molecule has 8 heteroatoms. The second-order valence-electron chi connectivity index (χ2n) is 6.02. The van der Waals surface area contributed by atoms with Crippen molar-refractivity contribution >= 4 is 10.0 Å². The molecule has 0 aliphatic carbocycles. The topological polar surface area (TPSA) is 70.1 Å². The lowest BCUT2D eigenvalue weighted by Crippen LogP contribution is -2.33. The predicted octanol–water partition coefficient (Wildman–Crippen LogP) is 0.518. The fourth-order valence-electron chi connectivity index (χ4n) is 2.73. The molecule has 1 aliphatic rings. The van der Waals surface area contributed by atoms with Crippen molar-refractivity contribution in [2.24, 2.45) is 5.92 Å². The molecule has 0 amide bonds. The summed E-state index contributed by atoms with van der Waals surface area (Å²) in [4.78, 5) is 1.86. The van der Waals surface area contributed by atoms with Crippen LogP contribution in [0.1, 0.15) is 5.56 Å². The molecule has 1 aliphatic heterocycles. The van der Waals surface area contributed by atoms with Crippen molar-refractivity contribution in [1.82, 2.24) is 9.21 Å². The van der Waals surface area contributed by atoms with E-state index in [4.69, 9.17) is 4.74 Å². The zero-order valence-electron chi connectivity index (χ0n) is 13.6. The number of benzene rings is 1. The molecule has 6 nitrogen and oxygen atoms in total. The molecule has 0 spiro atoms. The first-order valence-electron chi connectivity index (χ1n) is 7.36. The third kappa shape index (κ3) is 4.20. The Morgan fingerprint density at radius 2 is 2.09 bits per heavy atom. The van der Waals surface area contributed by atoms with Gasteiger partial charge in [-0.2, -0.15) is 0 Å². The summed E-state index contributed by atoms with van der Waals surface area (Å²) in [5.74, 6) is -0.739. The van der Waals surface area contributed by atoms with Crippen LogP contribution in [0.25, 0.3) is 0 Å². The van der Waals surface area contributed by atoms with E-state index in [2.05, 4.69) is 0 Å². The van der Waals surface area contributed by atoms with Gasteiger partial charge in [0.25, 0.3) is 0 Å². The Morgan fingerprint density at radius 3 is 2.70 bits per heavy atom. The minimum atomic E-state index is -3.38. The van der Waals surface area contributed by atoms with Gasteiger partial charge in [-0.15, -0.1) is 0 Å². The van der Waals surface area contributed by atoms with E-state index in [9.17, 15) is 17.9 Å². The quantitative estimate of drug-likeness (QED) is 0.813. The van der Waals surface area contributed by atoms with E-state index in [0.717, 1.165) is 4.31 Å². The summed E-state index contributed by atoms with van der Waals surface area (Å²) < 4.78 is 44.2. The molecule has 0 bridgehead atoms. The molecule has 2 atom stereocenters. The molecular weight excluding hydrogens is 323 g/mol. The minimum absolute atomic E-state index is 0.113. The third-order valence-electron chi connectivity index (χ3n) is 4.12. The second kappa shape index (κ2) is 7.12. The van der Waals surface area contributed by atoms with E-state index in [1.807, 2.05) is 4.90 Å². The summed E-state index contributed by atoms with van der Waals surface area (Å²) in [5, 5.41) is 10.1. The normalized spacial score (nSPS) is 22.7. The number of hydrogen-bond donors (Lipinski definition) is 1. The fourth-order valence-corrected chi connectivity index (χ4v) is 3.90. The van der Waals surface area contributed by atoms with Gasteiger partial charge in [-0.25, -0.2) is 17.1 Å². The van der Waals surface area contributed by atoms with Crippen molar-refractivity contribution in [3.05, 3.63) is 29.6 Å². The highest BCUT2D eigenvalue weighted by molar-refractivity contribution is 7.89. The van der Waals surface area contributed by atoms with E-state index in [0.29, 0.717) is 25.2 Å². The van der Waals surface area contributed by atoms with Crippen LogP contribution < -0.4 is 4.74 Å². The Hall–Kier alpha value is -1.22. The average molecular weight is 346 g/mol. The number of halogens is 1. The number of methoxy groups -OCH3 is 1. The molecule has 0 saturated carbocycles. The second-order valence-corrected chi connectivity index (χ2v) is 8.24. The lowest BCUT2D eigenvalue weighted by atomic mass is 10.1. The van der Waals surface area contributed by atoms with E-state index in [1.165, 1.54) is 21.2 Å². The van der Waals surface area contributed by atoms with Gasteiger partial charge in [0.05, 0.1) is 19.0 Å². The van der Waals surface area contributed by atoms with Crippen LogP contribution >= 0.6 is 0 Å². The van der Waals surface area contributed by atoms with Crippen molar-refractivity contribution in [3.63, 3.8) is 0 Å². The van der Waals surface area contributed by atoms with E-state index >= 15 is 0 Å². The van der Waals surface area contributed by atoms with Gasteiger partial charge >= 0.3 is 0 Å². The van der Waals surface area contributed by atoms with E-state index in [-0.39, 0.29) is 17.4 Å². The van der Waals surface area contributed by atoms with Crippen LogP contribution in [-0.4, -0.2) is 68.9 Å². The molecule has 1 fully saturated rings. The number of β-amino-alcohol motifs (C(OH)–C–C–N with tert-alkyl or cyclic N) is 1. The summed E-state index contributed by atoms with van der Waals surface area (Å²) in [6, 6.07) is 4.91. The van der Waals surface area contributed by atoms with Crippen LogP contribution in [0.3, 0.4) is 0 Å². The lowest BCUT2D eigenvalue weighted by molar-refractivity contribution is 0.148. The number of rotatable bonds is 6. The number of aliphatic hydroxyl groups excluding tert-OH is 1. The number of likely N-dealkylation sites (tertiary alicyclic amines) is 1. The molecule has 0 radical (unpaired) electrons. The summed E-state index contributed by atoms with van der Waals surface area (Å²) in [6.07, 6.45) is -0.738. The van der Waals surface area contributed by atoms with Gasteiger partial charge in [0.15, 0.2) is 11.6 Å². The predicted molar refractivity (Wildman–Crippen MR) is 85.2 cm³/mol. The van der Waals surface area contributed by atoms with Crippen LogP contribution in [0.5, 0.6) is 5.75 Å². The van der Waals surface area contributed by atoms with Gasteiger partial charge in [-0.3, -0.25) is 4.90 Å². The van der Waals surface area contributed by atoms with Crippen LogP contribution in [-0.2, 0) is 16.6 Å². The lowest BCUT2D eigenvalue weighted by Gasteiger charge is -2.18. The molecule has 0 aromatic heterocycles. The Balaban J connectivity index is 2.05. The number of ether oxygens (including phenoxy) is 1. The third-order valence-corrected chi connectivity index (χ3v) is 6.08. The monoisotopic (exact) mass is 346 g/mol. The van der Waals surface area contributed by atoms with Crippen molar-refractivity contribution in [1.29, 1.82) is 0 Å². The highest BCUT2D eigenvalue weighted by Gasteiger charge is 2.35. The largest absolute Gasteiger partial charge is 0.494 e. The zero-order chi connectivity index (χ0) is 17.2. The molecule has 0 unspecified atom stereocenters. The molecule has 1 N–H and O–H groups in total. The van der Waals surface area contributed by atoms with Crippen molar-refractivity contribution in [2.45, 2.75) is 12.6 Å². The maximum atomic E-state index is 14.2. The standard InChI is InChI=1S/C15H23FN2O4S/c1-17(2)23(20,21)10-12-8-18(9-13(12)19)7-11-5-4-6-14(22-3)15(11)16/h4-6,12-13,19H,7-10H2,1-3H3/t12-,13+/m0/s1. The molecular formula is C15H23FN2O4S. The number of aliphatic hydroxyl groups is 1. The van der Waals surface area contributed by atoms with Gasteiger partial charge in [-0.1, -0.05) is 12.1 Å². The summed E-state index contributed by atoms with van der Waals surface area (Å²) in [6.45, 7) is 1.04. The van der Waals surface area contributed by atoms with Gasteiger partial charge < -0.3 is 9.84 Å². The molecule has 1 aromatic carbocycles. The van der Waals surface area contributed by atoms with Crippen LogP contribution in [0.4, 0.5) is 4.39 Å². The minimum Gasteiger partial charge on any atom is -0.494 e. The highest BCUT2D eigenvalue weighted by atomic mass is 32.2. The van der Waals surface area contributed by atoms with Crippen LogP contribution in [0.15, 0.2) is 18.2 Å². The smallest absolute Gasteiger partial charge is 0.214 e. The maximum absolute atomic E-state index is 14.2. The first-order valence-corrected chi connectivity index (χ1v) is 8.97. The SMILES string of the molecule is COc1cccc(CN2C[C@@H](CS(=O)(=O)N(C)C)[C@H](O)C2)c1F. The Morgan fingerprint density at radius 1 is 1.39 bits per heavy atom. The maximum Gasteiger partial charge on any atom is 0.214 e. The van der Waals surface area contributed by atoms with Crippen LogP contribution in [0, 0.1) is 11.7 Å². The fraction of sp³-hybridized carbons (Fsp3) is 0.600. The summed E-state index contributed by atoms with van der Waals surface area (Å²) >= 11 is 0. The van der Waals surface area contributed by atoms with Crippen molar-refractivity contribution in [2.75, 3.05) is 40.0 Å². The first-order chi connectivity index (χ1) is 10.7. The van der Waals surface area contributed by atoms with Gasteiger partial charge in [0, 0.05) is 45.2 Å². The molecule has 23 heavy (non-hydrogen) atoms. The van der Waals surface area contributed by atoms with Gasteiger partial charge in [0.1, 0.15) is 0 Å². The molecule has 2 rings (SSSR count). The molecule has 130 valence electrons. The summed E-state index contributed by atoms with van der Waals surface area (Å²) in [7, 11) is 0.974. The summed E-state index contributed by atoms with van der Waals surface area (Å²) in [5.41, 5.74) is 0.465. The highest BCUT2D eigenvalue weighted by Crippen LogP contribution is 2.25. The average Bonchev–Trinajstić information content (AvgIpc) is 2.80. The van der Waals surface area contributed by atoms with E-state index < -0.39 is 21.9 Å². The number of hydrogen-bond acceptors (Lipinski definition) is 5. The van der Waals surface area contributed by atoms with Crippen LogP contribution in [0.2, 0.25) is 0 Å². The number of nitrogens with zero attached hydrogens (tertiary/aromatic N) is 2. The number of sulfonamides is 1. The van der Waals surface area contributed by atoms with Gasteiger partial charge in [0.2, 0.25) is 10.0 Å². The van der Waals surface area contributed by atoms with E-state index in [1.54, 1.807) is 18.2 Å². The zero-order valence-corrected chi connectivity index (χ0v) is 14.4. The molecule has 1 heterocycles. The molecule has 1 aromatic rings. The van der Waals surface area contributed by atoms with Gasteiger partial charge in [-0.05, 0) is 6.07 Å².